The van der Waals surface area contributed by atoms with E-state index in [9.17, 15) is 33.6 Å². The van der Waals surface area contributed by atoms with Crippen LogP contribution < -0.4 is 38.1 Å². The molecule has 0 radical (unpaired) electrons. The molecule has 1 saturated heterocycles. The predicted octanol–water partition coefficient (Wildman–Crippen LogP) is 1.24. The second-order valence-electron chi connectivity index (χ2n) is 16.2. The molecule has 1 saturated carbocycles. The lowest BCUT2D eigenvalue weighted by Crippen LogP contribution is -2.60. The van der Waals surface area contributed by atoms with Crippen LogP contribution in [0.2, 0.25) is 0 Å². The number of carbonyl (C=O) groups excluding carboxylic acids is 7. The molecule has 0 aromatic heterocycles. The van der Waals surface area contributed by atoms with E-state index in [0.29, 0.717) is 32.1 Å². The van der Waals surface area contributed by atoms with E-state index < -0.39 is 78.1 Å². The first-order chi connectivity index (χ1) is 26.6. The van der Waals surface area contributed by atoms with Crippen LogP contribution in [0.4, 0.5) is 0 Å². The summed E-state index contributed by atoms with van der Waals surface area (Å²) in [6.07, 6.45) is 9.15. The van der Waals surface area contributed by atoms with E-state index in [-0.39, 0.29) is 36.8 Å². The summed E-state index contributed by atoms with van der Waals surface area (Å²) in [7, 11) is 1.54. The smallest absolute Gasteiger partial charge is 0.325 e. The van der Waals surface area contributed by atoms with E-state index in [1.54, 1.807) is 20.9 Å². The largest absolute Gasteiger partial charge is 0.460 e. The van der Waals surface area contributed by atoms with Crippen LogP contribution in [0.15, 0.2) is 0 Å². The fourth-order valence-electron chi connectivity index (χ4n) is 7.45. The number of nitrogens with one attached hydrogen (secondary N) is 5. The molecule has 6 amide bonds. The van der Waals surface area contributed by atoms with Gasteiger partial charge in [0, 0.05) is 26.1 Å². The molecule has 2 fully saturated rings. The molecule has 6 atom stereocenters. The second-order valence-corrected chi connectivity index (χ2v) is 16.2. The standard InChI is InChI=1S/C40H72N8O8/c1-7-8-9-13-16-32(56-33(49)24-45-36(51)26(4)23-44-37(52)29-17-19-43-20-18-29)27(5)40(55)48(6)31(21-25(2)3)38(53)47-34(28-14-11-10-12-15-28)39(54)46-30(22-41)35(42)50/h25-32,34,43H,7-24,41H2,1-6H3,(H2,42,50)(H,44,52)(H,45,51)(H,46,54)(H,47,53)/t26-,27+,30?,31-,32-,34-/m0/s1. The molecule has 1 unspecified atom stereocenters. The molecule has 16 nitrogen and oxygen atoms in total. The van der Waals surface area contributed by atoms with Gasteiger partial charge in [-0.3, -0.25) is 33.6 Å². The fraction of sp³-hybridized carbons (Fsp3) is 0.825. The van der Waals surface area contributed by atoms with E-state index >= 15 is 0 Å². The van der Waals surface area contributed by atoms with E-state index in [1.165, 1.54) is 4.90 Å². The van der Waals surface area contributed by atoms with Crippen molar-refractivity contribution in [1.82, 2.24) is 31.5 Å². The van der Waals surface area contributed by atoms with Crippen LogP contribution >= 0.6 is 0 Å². The zero-order valence-corrected chi connectivity index (χ0v) is 34.8. The first-order valence-corrected chi connectivity index (χ1v) is 20.9. The number of ether oxygens (including phenoxy) is 1. The van der Waals surface area contributed by atoms with Crippen LogP contribution in [0.5, 0.6) is 0 Å². The number of amides is 6. The summed E-state index contributed by atoms with van der Waals surface area (Å²) in [6.45, 7) is 10.4. The summed E-state index contributed by atoms with van der Waals surface area (Å²) >= 11 is 0. The summed E-state index contributed by atoms with van der Waals surface area (Å²) in [5, 5.41) is 14.2. The average molecular weight is 793 g/mol. The molecule has 0 spiro atoms. The van der Waals surface area contributed by atoms with Crippen molar-refractivity contribution in [2.24, 2.45) is 41.1 Å². The molecule has 1 aliphatic carbocycles. The van der Waals surface area contributed by atoms with Gasteiger partial charge >= 0.3 is 5.97 Å². The van der Waals surface area contributed by atoms with E-state index in [1.807, 2.05) is 13.8 Å². The van der Waals surface area contributed by atoms with Crippen molar-refractivity contribution in [3.63, 3.8) is 0 Å². The normalized spacial score (nSPS) is 18.4. The van der Waals surface area contributed by atoms with Crippen molar-refractivity contribution >= 4 is 41.4 Å². The molecule has 0 aromatic carbocycles. The maximum Gasteiger partial charge on any atom is 0.325 e. The third kappa shape index (κ3) is 16.4. The van der Waals surface area contributed by atoms with Crippen molar-refractivity contribution < 1.29 is 38.3 Å². The highest BCUT2D eigenvalue weighted by atomic mass is 16.5. The molecule has 1 aliphatic heterocycles. The summed E-state index contributed by atoms with van der Waals surface area (Å²) in [6, 6.07) is -2.99. The van der Waals surface area contributed by atoms with Gasteiger partial charge in [-0.05, 0) is 69.9 Å². The van der Waals surface area contributed by atoms with Gasteiger partial charge < -0.3 is 47.7 Å². The lowest BCUT2D eigenvalue weighted by atomic mass is 9.83. The van der Waals surface area contributed by atoms with Gasteiger partial charge in [0.2, 0.25) is 35.4 Å². The van der Waals surface area contributed by atoms with Gasteiger partial charge in [-0.2, -0.15) is 0 Å². The number of hydrogen-bond acceptors (Lipinski definition) is 10. The summed E-state index contributed by atoms with van der Waals surface area (Å²) in [4.78, 5) is 93.5. The molecular weight excluding hydrogens is 720 g/mol. The lowest BCUT2D eigenvalue weighted by Gasteiger charge is -2.36. The van der Waals surface area contributed by atoms with Gasteiger partial charge in [-0.25, -0.2) is 0 Å². The van der Waals surface area contributed by atoms with Gasteiger partial charge in [0.05, 0.1) is 11.8 Å². The van der Waals surface area contributed by atoms with E-state index in [0.717, 1.165) is 64.5 Å². The highest BCUT2D eigenvalue weighted by Gasteiger charge is 2.38. The monoisotopic (exact) mass is 793 g/mol. The second kappa shape index (κ2) is 25.5. The minimum atomic E-state index is -1.09. The van der Waals surface area contributed by atoms with Crippen LogP contribution in [0.3, 0.4) is 0 Å². The Bertz CT molecular complexity index is 1290. The maximum atomic E-state index is 14.2. The van der Waals surface area contributed by atoms with Crippen molar-refractivity contribution in [2.75, 3.05) is 39.8 Å². The van der Waals surface area contributed by atoms with Gasteiger partial charge in [0.25, 0.3) is 0 Å². The van der Waals surface area contributed by atoms with E-state index in [2.05, 4.69) is 33.5 Å². The predicted molar refractivity (Wildman–Crippen MR) is 213 cm³/mol. The summed E-state index contributed by atoms with van der Waals surface area (Å²) < 4.78 is 5.86. The van der Waals surface area contributed by atoms with Crippen LogP contribution in [0.1, 0.15) is 118 Å². The zero-order chi connectivity index (χ0) is 41.8. The third-order valence-electron chi connectivity index (χ3n) is 11.1. The van der Waals surface area contributed by atoms with Crippen LogP contribution in [0, 0.1) is 29.6 Å². The number of primary amides is 1. The van der Waals surface area contributed by atoms with Gasteiger partial charge in [-0.15, -0.1) is 0 Å². The Labute approximate surface area is 333 Å². The highest BCUT2D eigenvalue weighted by molar-refractivity contribution is 5.94. The van der Waals surface area contributed by atoms with E-state index in [4.69, 9.17) is 16.2 Å². The number of carbonyl (C=O) groups is 7. The van der Waals surface area contributed by atoms with Crippen LogP contribution in [-0.2, 0) is 38.3 Å². The number of nitrogens with zero attached hydrogens (tertiary/aromatic N) is 1. The van der Waals surface area contributed by atoms with Crippen LogP contribution in [0.25, 0.3) is 0 Å². The third-order valence-corrected chi connectivity index (χ3v) is 11.1. The Kier molecular flexibility index (Phi) is 22.0. The Morgan fingerprint density at radius 2 is 1.50 bits per heavy atom. The fourth-order valence-corrected chi connectivity index (χ4v) is 7.45. The van der Waals surface area contributed by atoms with Crippen molar-refractivity contribution in [3.05, 3.63) is 0 Å². The molecule has 320 valence electrons. The lowest BCUT2D eigenvalue weighted by molar-refractivity contribution is -0.158. The highest BCUT2D eigenvalue weighted by Crippen LogP contribution is 2.28. The molecular formula is C40H72N8O8. The Hall–Kier alpha value is -3.79. The summed E-state index contributed by atoms with van der Waals surface area (Å²) in [5.41, 5.74) is 11.1. The molecule has 16 heteroatoms. The Morgan fingerprint density at radius 1 is 0.839 bits per heavy atom. The molecule has 1 heterocycles. The number of unbranched alkanes of at least 4 members (excludes halogenated alkanes) is 3. The minimum absolute atomic E-state index is 0.00120. The van der Waals surface area contributed by atoms with Crippen molar-refractivity contribution in [2.45, 2.75) is 142 Å². The number of esters is 1. The molecule has 0 aromatic rings. The first-order valence-electron chi connectivity index (χ1n) is 20.9. The van der Waals surface area contributed by atoms with Gasteiger partial charge in [-0.1, -0.05) is 73.1 Å². The number of piperidine rings is 1. The molecule has 2 rings (SSSR count). The van der Waals surface area contributed by atoms with Crippen molar-refractivity contribution in [3.8, 4) is 0 Å². The molecule has 2 aliphatic rings. The number of rotatable bonds is 24. The van der Waals surface area contributed by atoms with Crippen molar-refractivity contribution in [1.29, 1.82) is 0 Å². The molecule has 9 N–H and O–H groups in total. The number of likely N-dealkylation sites (N-methyl/N-ethyl adjacent to an activating group) is 1. The minimum Gasteiger partial charge on any atom is -0.460 e. The Balaban J connectivity index is 2.15. The zero-order valence-electron chi connectivity index (χ0n) is 34.8. The SMILES string of the molecule is CCCCCC[C@H](OC(=O)CNC(=O)[C@@H](C)CNC(=O)C1CCNCC1)[C@@H](C)C(=O)N(C)[C@@H](CC(C)C)C(=O)N[C@H](C(=O)NC(CN)C(N)=O)C1CCCCC1. The quantitative estimate of drug-likeness (QED) is 0.0545. The van der Waals surface area contributed by atoms with Crippen LogP contribution in [-0.4, -0.2) is 110 Å². The molecule has 56 heavy (non-hydrogen) atoms. The summed E-state index contributed by atoms with van der Waals surface area (Å²) in [5.74, 6) is -5.09. The Morgan fingerprint density at radius 3 is 2.09 bits per heavy atom. The first kappa shape index (κ1) is 48.4. The average Bonchev–Trinajstić information content (AvgIpc) is 3.19. The van der Waals surface area contributed by atoms with Gasteiger partial charge in [0.1, 0.15) is 30.8 Å². The number of nitrogens with two attached hydrogens (primary N) is 2. The molecule has 0 bridgehead atoms. The number of hydrogen-bond donors (Lipinski definition) is 7. The van der Waals surface area contributed by atoms with Gasteiger partial charge in [0.15, 0.2) is 0 Å². The topological polar surface area (TPSA) is 244 Å². The maximum absolute atomic E-state index is 14.2.